The summed E-state index contributed by atoms with van der Waals surface area (Å²) < 4.78 is 29.8. The molecule has 3 aromatic rings. The number of nitrogens with zero attached hydrogens (tertiary/aromatic N) is 1. The average molecular weight is 561 g/mol. The van der Waals surface area contributed by atoms with Gasteiger partial charge in [-0.3, -0.25) is 4.79 Å². The molecule has 2 unspecified atom stereocenters. The van der Waals surface area contributed by atoms with Crippen molar-refractivity contribution in [3.63, 3.8) is 0 Å². The monoisotopic (exact) mass is 560 g/mol. The predicted molar refractivity (Wildman–Crippen MR) is 147 cm³/mol. The highest BCUT2D eigenvalue weighted by atomic mass is 35.5. The highest BCUT2D eigenvalue weighted by molar-refractivity contribution is 6.31. The van der Waals surface area contributed by atoms with Crippen molar-refractivity contribution in [3.8, 4) is 22.8 Å². The van der Waals surface area contributed by atoms with E-state index in [-0.39, 0.29) is 43.5 Å². The first-order valence-corrected chi connectivity index (χ1v) is 12.7. The minimum absolute atomic E-state index is 0.00851. The quantitative estimate of drug-likeness (QED) is 0.259. The molecule has 0 radical (unpaired) electrons. The van der Waals surface area contributed by atoms with Gasteiger partial charge in [-0.05, 0) is 74.4 Å². The van der Waals surface area contributed by atoms with E-state index in [1.165, 1.54) is 26.4 Å². The smallest absolute Gasteiger partial charge is 0.163 e. The molecular weight excluding hydrogens is 527 g/mol. The molecule has 0 fully saturated rings. The minimum Gasteiger partial charge on any atom is -0.493 e. The zero-order valence-corrected chi connectivity index (χ0v) is 23.2. The number of pyridine rings is 1. The molecule has 2 aromatic carbocycles. The molecule has 0 amide bonds. The van der Waals surface area contributed by atoms with Crippen LogP contribution in [0.15, 0.2) is 48.5 Å². The number of rotatable bonds is 13. The van der Waals surface area contributed by atoms with Crippen LogP contribution in [0.4, 0.5) is 4.39 Å². The highest BCUT2D eigenvalue weighted by Crippen LogP contribution is 2.34. The number of methoxy groups -OCH3 is 2. The van der Waals surface area contributed by atoms with E-state index in [0.29, 0.717) is 39.6 Å². The molecule has 10 heteroatoms. The van der Waals surface area contributed by atoms with Crippen LogP contribution in [-0.4, -0.2) is 55.0 Å². The van der Waals surface area contributed by atoms with E-state index in [2.05, 4.69) is 4.98 Å². The van der Waals surface area contributed by atoms with Gasteiger partial charge in [0.1, 0.15) is 18.0 Å². The summed E-state index contributed by atoms with van der Waals surface area (Å²) >= 11 is 6.01. The lowest BCUT2D eigenvalue weighted by Gasteiger charge is -2.29. The van der Waals surface area contributed by atoms with Crippen molar-refractivity contribution in [2.45, 2.75) is 37.8 Å². The van der Waals surface area contributed by atoms with Crippen LogP contribution in [-0.2, 0) is 15.9 Å². The van der Waals surface area contributed by atoms with Crippen LogP contribution in [0.2, 0.25) is 5.02 Å². The van der Waals surface area contributed by atoms with Crippen LogP contribution in [0.3, 0.4) is 0 Å². The Bertz CT molecular complexity index is 1310. The molecule has 4 N–H and O–H groups in total. The molecule has 0 aliphatic heterocycles. The first-order valence-electron chi connectivity index (χ1n) is 12.4. The standard InChI is InChI=1S/C29H34ClFN2O6/c1-28(32,17-37-3)20-15-23(18-5-7-22(31)21(30)13-18)33-27(16-20)29(2,36)10-9-24(35)19-6-8-25(39-12-11-34)26(14-19)38-4/h5-8,13-16,34,36H,9-12,17,32H2,1-4H3. The Kier molecular flexibility index (Phi) is 10.0. The molecule has 0 aliphatic carbocycles. The topological polar surface area (TPSA) is 124 Å². The van der Waals surface area contributed by atoms with Gasteiger partial charge < -0.3 is 30.2 Å². The Morgan fingerprint density at radius 2 is 1.85 bits per heavy atom. The van der Waals surface area contributed by atoms with E-state index in [0.717, 1.165) is 0 Å². The van der Waals surface area contributed by atoms with Crippen LogP contribution in [0.25, 0.3) is 11.3 Å². The maximum absolute atomic E-state index is 13.8. The number of aromatic nitrogens is 1. The summed E-state index contributed by atoms with van der Waals surface area (Å²) in [4.78, 5) is 17.7. The van der Waals surface area contributed by atoms with Gasteiger partial charge in [0.15, 0.2) is 17.3 Å². The Labute approximate surface area is 232 Å². The summed E-state index contributed by atoms with van der Waals surface area (Å²) in [6.07, 6.45) is 0.0666. The molecule has 3 rings (SSSR count). The van der Waals surface area contributed by atoms with Crippen molar-refractivity contribution in [3.05, 3.63) is 76.2 Å². The predicted octanol–water partition coefficient (Wildman–Crippen LogP) is 4.61. The number of hydrogen-bond acceptors (Lipinski definition) is 8. The fraction of sp³-hybridized carbons (Fsp3) is 0.379. The van der Waals surface area contributed by atoms with Crippen LogP contribution in [0.5, 0.6) is 11.5 Å². The zero-order chi connectivity index (χ0) is 28.8. The van der Waals surface area contributed by atoms with Gasteiger partial charge in [-0.1, -0.05) is 11.6 Å². The van der Waals surface area contributed by atoms with Gasteiger partial charge in [-0.15, -0.1) is 0 Å². The molecule has 210 valence electrons. The molecule has 0 spiro atoms. The summed E-state index contributed by atoms with van der Waals surface area (Å²) in [5, 5.41) is 20.4. The number of aliphatic hydroxyl groups is 2. The molecular formula is C29H34ClFN2O6. The van der Waals surface area contributed by atoms with Gasteiger partial charge in [0.2, 0.25) is 0 Å². The first kappa shape index (κ1) is 30.5. The summed E-state index contributed by atoms with van der Waals surface area (Å²) in [5.74, 6) is -0.00849. The Hall–Kier alpha value is -3.08. The van der Waals surface area contributed by atoms with Crippen molar-refractivity contribution >= 4 is 17.4 Å². The summed E-state index contributed by atoms with van der Waals surface area (Å²) in [7, 11) is 3.00. The lowest BCUT2D eigenvalue weighted by Crippen LogP contribution is -2.38. The van der Waals surface area contributed by atoms with Crippen LogP contribution in [0, 0.1) is 5.82 Å². The molecule has 1 aromatic heterocycles. The second kappa shape index (κ2) is 12.8. The number of halogens is 2. The molecule has 0 saturated carbocycles. The Morgan fingerprint density at radius 3 is 2.49 bits per heavy atom. The fourth-order valence-electron chi connectivity index (χ4n) is 4.07. The number of benzene rings is 2. The van der Waals surface area contributed by atoms with E-state index in [1.54, 1.807) is 50.2 Å². The molecule has 8 nitrogen and oxygen atoms in total. The molecule has 1 heterocycles. The van der Waals surface area contributed by atoms with E-state index < -0.39 is 17.0 Å². The normalized spacial score (nSPS) is 14.4. The Morgan fingerprint density at radius 1 is 1.10 bits per heavy atom. The molecule has 0 aliphatic rings. The number of ether oxygens (including phenoxy) is 3. The fourth-order valence-corrected chi connectivity index (χ4v) is 4.25. The summed E-state index contributed by atoms with van der Waals surface area (Å²) in [6.45, 7) is 3.50. The third-order valence-corrected chi connectivity index (χ3v) is 6.66. The van der Waals surface area contributed by atoms with Crippen molar-refractivity contribution in [1.82, 2.24) is 4.98 Å². The molecule has 0 saturated heterocycles. The maximum atomic E-state index is 13.8. The maximum Gasteiger partial charge on any atom is 0.163 e. The van der Waals surface area contributed by atoms with E-state index >= 15 is 0 Å². The number of carbonyl (C=O) groups is 1. The van der Waals surface area contributed by atoms with Gasteiger partial charge in [-0.25, -0.2) is 9.37 Å². The van der Waals surface area contributed by atoms with Crippen LogP contribution >= 0.6 is 11.6 Å². The SMILES string of the molecule is COCC(C)(N)c1cc(-c2ccc(F)c(Cl)c2)nc(C(C)(O)CCC(=O)c2ccc(OCCO)c(OC)c2)c1. The molecule has 39 heavy (non-hydrogen) atoms. The number of aliphatic hydroxyl groups excluding tert-OH is 1. The third kappa shape index (κ3) is 7.52. The molecule has 2 atom stereocenters. The zero-order valence-electron chi connectivity index (χ0n) is 22.5. The number of carbonyl (C=O) groups excluding carboxylic acids is 1. The van der Waals surface area contributed by atoms with E-state index in [1.807, 2.05) is 0 Å². The summed E-state index contributed by atoms with van der Waals surface area (Å²) in [5.41, 5.74) is 6.38. The number of hydrogen-bond donors (Lipinski definition) is 3. The second-order valence-corrected chi connectivity index (χ2v) is 10.1. The average Bonchev–Trinajstić information content (AvgIpc) is 2.91. The van der Waals surface area contributed by atoms with Gasteiger partial charge in [0.25, 0.3) is 0 Å². The number of Topliss-reactive ketones (excluding diaryl/α,β-unsaturated/α-hetero) is 1. The second-order valence-electron chi connectivity index (χ2n) is 9.74. The van der Waals surface area contributed by atoms with Crippen molar-refractivity contribution in [2.24, 2.45) is 5.73 Å². The Balaban J connectivity index is 1.91. The lowest BCUT2D eigenvalue weighted by molar-refractivity contribution is 0.0395. The lowest BCUT2D eigenvalue weighted by atomic mass is 9.87. The van der Waals surface area contributed by atoms with Crippen molar-refractivity contribution < 1.29 is 33.6 Å². The number of ketones is 1. The van der Waals surface area contributed by atoms with Gasteiger partial charge in [-0.2, -0.15) is 0 Å². The van der Waals surface area contributed by atoms with Crippen LogP contribution in [0.1, 0.15) is 48.3 Å². The van der Waals surface area contributed by atoms with E-state index in [9.17, 15) is 14.3 Å². The van der Waals surface area contributed by atoms with Gasteiger partial charge in [0.05, 0.1) is 42.3 Å². The highest BCUT2D eigenvalue weighted by Gasteiger charge is 2.30. The van der Waals surface area contributed by atoms with Crippen LogP contribution < -0.4 is 15.2 Å². The van der Waals surface area contributed by atoms with Crippen molar-refractivity contribution in [2.75, 3.05) is 34.0 Å². The van der Waals surface area contributed by atoms with Crippen molar-refractivity contribution in [1.29, 1.82) is 0 Å². The minimum atomic E-state index is -1.51. The number of nitrogens with two attached hydrogens (primary N) is 1. The van der Waals surface area contributed by atoms with E-state index in [4.69, 9.17) is 36.7 Å². The van der Waals surface area contributed by atoms with Gasteiger partial charge in [0, 0.05) is 24.7 Å². The largest absolute Gasteiger partial charge is 0.493 e. The first-order chi connectivity index (χ1) is 18.4. The summed E-state index contributed by atoms with van der Waals surface area (Å²) in [6, 6.07) is 12.4. The third-order valence-electron chi connectivity index (χ3n) is 6.37. The molecule has 0 bridgehead atoms. The van der Waals surface area contributed by atoms with Gasteiger partial charge >= 0.3 is 0 Å².